The lowest BCUT2D eigenvalue weighted by molar-refractivity contribution is 0.144. The number of pyridine rings is 1. The summed E-state index contributed by atoms with van der Waals surface area (Å²) in [6.45, 7) is 4.16. The highest BCUT2D eigenvalue weighted by Gasteiger charge is 2.22. The van der Waals surface area contributed by atoms with Gasteiger partial charge >= 0.3 is 0 Å². The van der Waals surface area contributed by atoms with Crippen LogP contribution in [0.25, 0.3) is 0 Å². The molecule has 142 valence electrons. The van der Waals surface area contributed by atoms with Crippen LogP contribution in [0.15, 0.2) is 12.3 Å². The van der Waals surface area contributed by atoms with Gasteiger partial charge in [0, 0.05) is 12.2 Å². The van der Waals surface area contributed by atoms with Crippen molar-refractivity contribution in [1.82, 2.24) is 4.98 Å². The second kappa shape index (κ2) is 10.6. The molecule has 1 atom stereocenters. The van der Waals surface area contributed by atoms with E-state index in [1.165, 1.54) is 44.9 Å². The molecule has 0 aromatic carbocycles. The number of aliphatic hydroxyl groups is 1. The summed E-state index contributed by atoms with van der Waals surface area (Å²) in [5.41, 5.74) is 2.00. The van der Waals surface area contributed by atoms with E-state index in [1.54, 1.807) is 7.11 Å². The summed E-state index contributed by atoms with van der Waals surface area (Å²) in [6.07, 6.45) is 13.5. The Labute approximate surface area is 153 Å². The van der Waals surface area contributed by atoms with Crippen molar-refractivity contribution >= 4 is 5.69 Å². The fourth-order valence-electron chi connectivity index (χ4n) is 3.97. The number of unbranched alkanes of at least 4 members (excludes halogenated alkanes) is 1. The molecule has 1 aliphatic rings. The van der Waals surface area contributed by atoms with Gasteiger partial charge in [-0.1, -0.05) is 32.6 Å². The second-order valence-electron chi connectivity index (χ2n) is 7.57. The van der Waals surface area contributed by atoms with Gasteiger partial charge < -0.3 is 15.2 Å². The van der Waals surface area contributed by atoms with E-state index in [9.17, 15) is 5.11 Å². The van der Waals surface area contributed by atoms with Crippen molar-refractivity contribution in [1.29, 1.82) is 0 Å². The Morgan fingerprint density at radius 2 is 1.96 bits per heavy atom. The standard InChI is InChI=1S/C21H36N2O2/c1-4-5-8-19(24)9-6-7-17-10-12-18(13-11-17)23-20-14-15-22-16(2)21(20)25-3/h14-15,17-19,24H,4-13H2,1-3H3,(H,22,23). The van der Waals surface area contributed by atoms with Gasteiger partial charge in [-0.05, 0) is 57.4 Å². The van der Waals surface area contributed by atoms with Crippen molar-refractivity contribution < 1.29 is 9.84 Å². The zero-order valence-electron chi connectivity index (χ0n) is 16.3. The molecule has 25 heavy (non-hydrogen) atoms. The largest absolute Gasteiger partial charge is 0.493 e. The molecule has 2 N–H and O–H groups in total. The van der Waals surface area contributed by atoms with E-state index in [-0.39, 0.29) is 6.10 Å². The number of ether oxygens (including phenoxy) is 1. The maximum atomic E-state index is 9.96. The van der Waals surface area contributed by atoms with Crippen molar-refractivity contribution in [3.63, 3.8) is 0 Å². The van der Waals surface area contributed by atoms with Gasteiger partial charge in [0.25, 0.3) is 0 Å². The van der Waals surface area contributed by atoms with Gasteiger partial charge in [-0.2, -0.15) is 0 Å². The van der Waals surface area contributed by atoms with Crippen molar-refractivity contribution in [2.75, 3.05) is 12.4 Å². The van der Waals surface area contributed by atoms with Crippen LogP contribution in [0.3, 0.4) is 0 Å². The number of methoxy groups -OCH3 is 1. The van der Waals surface area contributed by atoms with Gasteiger partial charge in [-0.3, -0.25) is 4.98 Å². The Hall–Kier alpha value is -1.29. The summed E-state index contributed by atoms with van der Waals surface area (Å²) in [5.74, 6) is 1.70. The molecule has 1 saturated carbocycles. The first-order chi connectivity index (χ1) is 12.1. The van der Waals surface area contributed by atoms with Crippen LogP contribution in [0, 0.1) is 12.8 Å². The van der Waals surface area contributed by atoms with Gasteiger partial charge in [-0.25, -0.2) is 0 Å². The van der Waals surface area contributed by atoms with Crippen molar-refractivity contribution in [3.8, 4) is 5.75 Å². The topological polar surface area (TPSA) is 54.4 Å². The van der Waals surface area contributed by atoms with Crippen LogP contribution < -0.4 is 10.1 Å². The van der Waals surface area contributed by atoms with Gasteiger partial charge in [0.15, 0.2) is 5.75 Å². The van der Waals surface area contributed by atoms with E-state index < -0.39 is 0 Å². The third kappa shape index (κ3) is 6.50. The Bertz CT molecular complexity index is 499. The molecule has 1 fully saturated rings. The molecular formula is C21H36N2O2. The molecular weight excluding hydrogens is 312 g/mol. The molecule has 4 nitrogen and oxygen atoms in total. The normalized spacial score (nSPS) is 21.8. The number of nitrogens with one attached hydrogen (secondary N) is 1. The molecule has 1 aromatic rings. The molecule has 1 aliphatic carbocycles. The molecule has 0 radical (unpaired) electrons. The minimum Gasteiger partial charge on any atom is -0.493 e. The third-order valence-electron chi connectivity index (χ3n) is 5.53. The minimum absolute atomic E-state index is 0.0830. The van der Waals surface area contributed by atoms with E-state index >= 15 is 0 Å². The Kier molecular flexibility index (Phi) is 8.53. The highest BCUT2D eigenvalue weighted by Crippen LogP contribution is 2.33. The zero-order chi connectivity index (χ0) is 18.1. The van der Waals surface area contributed by atoms with Crippen molar-refractivity contribution in [2.45, 2.75) is 90.2 Å². The van der Waals surface area contributed by atoms with Crippen LogP contribution in [-0.4, -0.2) is 29.3 Å². The number of hydrogen-bond acceptors (Lipinski definition) is 4. The quantitative estimate of drug-likeness (QED) is 0.618. The molecule has 2 rings (SSSR count). The first-order valence-electron chi connectivity index (χ1n) is 10.1. The summed E-state index contributed by atoms with van der Waals surface area (Å²) in [6, 6.07) is 2.54. The van der Waals surface area contributed by atoms with E-state index in [1.807, 2.05) is 19.2 Å². The number of rotatable bonds is 10. The minimum atomic E-state index is -0.0830. The van der Waals surface area contributed by atoms with Crippen molar-refractivity contribution in [3.05, 3.63) is 18.0 Å². The lowest BCUT2D eigenvalue weighted by Crippen LogP contribution is -2.26. The summed E-state index contributed by atoms with van der Waals surface area (Å²) in [4.78, 5) is 4.30. The van der Waals surface area contributed by atoms with Gasteiger partial charge in [-0.15, -0.1) is 0 Å². The number of hydrogen-bond donors (Lipinski definition) is 2. The summed E-state index contributed by atoms with van der Waals surface area (Å²) in [7, 11) is 1.71. The molecule has 1 heterocycles. The molecule has 0 bridgehead atoms. The number of nitrogens with zero attached hydrogens (tertiary/aromatic N) is 1. The van der Waals surface area contributed by atoms with Crippen LogP contribution in [0.2, 0.25) is 0 Å². The Morgan fingerprint density at radius 3 is 2.64 bits per heavy atom. The zero-order valence-corrected chi connectivity index (χ0v) is 16.3. The number of aliphatic hydroxyl groups excluding tert-OH is 1. The fraction of sp³-hybridized carbons (Fsp3) is 0.762. The average Bonchev–Trinajstić information content (AvgIpc) is 2.61. The van der Waals surface area contributed by atoms with Crippen LogP contribution in [-0.2, 0) is 0 Å². The third-order valence-corrected chi connectivity index (χ3v) is 5.53. The van der Waals surface area contributed by atoms with Crippen molar-refractivity contribution in [2.24, 2.45) is 5.92 Å². The number of aromatic nitrogens is 1. The maximum absolute atomic E-state index is 9.96. The molecule has 0 aliphatic heterocycles. The highest BCUT2D eigenvalue weighted by molar-refractivity contribution is 5.58. The smallest absolute Gasteiger partial charge is 0.163 e. The fourth-order valence-corrected chi connectivity index (χ4v) is 3.97. The van der Waals surface area contributed by atoms with Crippen LogP contribution in [0.4, 0.5) is 5.69 Å². The number of anilines is 1. The Morgan fingerprint density at radius 1 is 1.24 bits per heavy atom. The van der Waals surface area contributed by atoms with Crippen LogP contribution in [0.5, 0.6) is 5.75 Å². The van der Waals surface area contributed by atoms with E-state index in [0.29, 0.717) is 6.04 Å². The first-order valence-corrected chi connectivity index (χ1v) is 10.1. The Balaban J connectivity index is 1.69. The van der Waals surface area contributed by atoms with Crippen LogP contribution >= 0.6 is 0 Å². The highest BCUT2D eigenvalue weighted by atomic mass is 16.5. The number of aryl methyl sites for hydroxylation is 1. The predicted molar refractivity (Wildman–Crippen MR) is 104 cm³/mol. The van der Waals surface area contributed by atoms with E-state index in [4.69, 9.17) is 4.74 Å². The van der Waals surface area contributed by atoms with Gasteiger partial charge in [0.2, 0.25) is 0 Å². The molecule has 1 unspecified atom stereocenters. The molecule has 1 aromatic heterocycles. The monoisotopic (exact) mass is 348 g/mol. The molecule has 4 heteroatoms. The second-order valence-corrected chi connectivity index (χ2v) is 7.57. The lowest BCUT2D eigenvalue weighted by atomic mass is 9.82. The van der Waals surface area contributed by atoms with Gasteiger partial charge in [0.1, 0.15) is 0 Å². The molecule has 0 amide bonds. The average molecular weight is 349 g/mol. The molecule has 0 saturated heterocycles. The summed E-state index contributed by atoms with van der Waals surface area (Å²) >= 11 is 0. The molecule has 0 spiro atoms. The predicted octanol–water partition coefficient (Wildman–Crippen LogP) is 5.09. The lowest BCUT2D eigenvalue weighted by Gasteiger charge is -2.30. The van der Waals surface area contributed by atoms with E-state index in [2.05, 4.69) is 17.2 Å². The van der Waals surface area contributed by atoms with Crippen LogP contribution in [0.1, 0.15) is 76.8 Å². The van der Waals surface area contributed by atoms with E-state index in [0.717, 1.165) is 42.3 Å². The SMILES string of the molecule is CCCCC(O)CCCC1CCC(Nc2ccnc(C)c2OC)CC1. The first kappa shape index (κ1) is 20.0. The van der Waals surface area contributed by atoms with Gasteiger partial charge in [0.05, 0.1) is 24.6 Å². The summed E-state index contributed by atoms with van der Waals surface area (Å²) < 4.78 is 5.49. The maximum Gasteiger partial charge on any atom is 0.163 e. The summed E-state index contributed by atoms with van der Waals surface area (Å²) in [5, 5.41) is 13.6.